The molecular formula is C13H21N3O. The van der Waals surface area contributed by atoms with Gasteiger partial charge in [-0.3, -0.25) is 4.79 Å². The van der Waals surface area contributed by atoms with Crippen LogP contribution in [0, 0.1) is 0 Å². The number of nitrogens with zero attached hydrogens (tertiary/aromatic N) is 1. The first-order valence-corrected chi connectivity index (χ1v) is 6.40. The Labute approximate surface area is 102 Å². The van der Waals surface area contributed by atoms with Crippen molar-refractivity contribution in [1.29, 1.82) is 0 Å². The molecule has 17 heavy (non-hydrogen) atoms. The molecule has 1 aliphatic rings. The van der Waals surface area contributed by atoms with E-state index in [0.717, 1.165) is 37.9 Å². The van der Waals surface area contributed by atoms with Crippen LogP contribution in [0.15, 0.2) is 18.5 Å². The normalized spacial score (nSPS) is 18.9. The van der Waals surface area contributed by atoms with Crippen molar-refractivity contribution in [2.24, 2.45) is 5.73 Å². The lowest BCUT2D eigenvalue weighted by Crippen LogP contribution is -2.51. The van der Waals surface area contributed by atoms with Crippen molar-refractivity contribution in [3.63, 3.8) is 0 Å². The molecule has 1 saturated carbocycles. The average Bonchev–Trinajstić information content (AvgIpc) is 2.77. The van der Waals surface area contributed by atoms with E-state index in [9.17, 15) is 4.79 Å². The molecule has 4 heteroatoms. The van der Waals surface area contributed by atoms with Gasteiger partial charge in [-0.15, -0.1) is 0 Å². The summed E-state index contributed by atoms with van der Waals surface area (Å²) in [5, 5.41) is 3.35. The number of aryl methyl sites for hydroxylation is 1. The van der Waals surface area contributed by atoms with E-state index in [1.807, 2.05) is 18.5 Å². The number of nitrogens with two attached hydrogens (primary N) is 1. The van der Waals surface area contributed by atoms with Crippen LogP contribution in [0.1, 0.15) is 39.0 Å². The third-order valence-corrected chi connectivity index (χ3v) is 3.68. The lowest BCUT2D eigenvalue weighted by atomic mass is 9.81. The molecule has 0 aliphatic heterocycles. The summed E-state index contributed by atoms with van der Waals surface area (Å²) in [7, 11) is 0. The van der Waals surface area contributed by atoms with Gasteiger partial charge in [-0.1, -0.05) is 19.3 Å². The van der Waals surface area contributed by atoms with E-state index in [0.29, 0.717) is 0 Å². The van der Waals surface area contributed by atoms with E-state index in [-0.39, 0.29) is 5.91 Å². The average molecular weight is 235 g/mol. The Hall–Kier alpha value is -1.45. The molecule has 0 bridgehead atoms. The lowest BCUT2D eigenvalue weighted by molar-refractivity contribution is -0.123. The molecule has 1 amide bonds. The van der Waals surface area contributed by atoms with Crippen LogP contribution >= 0.6 is 0 Å². The minimum atomic E-state index is -0.530. The van der Waals surface area contributed by atoms with Crippen molar-refractivity contribution in [2.75, 3.05) is 5.32 Å². The van der Waals surface area contributed by atoms with Gasteiger partial charge in [-0.05, 0) is 25.8 Å². The number of nitrogens with one attached hydrogen (secondary N) is 1. The number of amides is 1. The molecule has 1 aliphatic carbocycles. The van der Waals surface area contributed by atoms with Gasteiger partial charge in [-0.25, -0.2) is 0 Å². The number of carbonyl (C=O) groups is 1. The number of aromatic nitrogens is 1. The molecule has 94 valence electrons. The summed E-state index contributed by atoms with van der Waals surface area (Å²) in [4.78, 5) is 11.7. The molecule has 1 fully saturated rings. The van der Waals surface area contributed by atoms with Gasteiger partial charge in [0.05, 0.1) is 5.69 Å². The monoisotopic (exact) mass is 235 g/mol. The zero-order valence-electron chi connectivity index (χ0n) is 10.4. The van der Waals surface area contributed by atoms with Crippen molar-refractivity contribution >= 4 is 11.6 Å². The summed E-state index contributed by atoms with van der Waals surface area (Å²) in [5.74, 6) is -0.221. The van der Waals surface area contributed by atoms with Crippen molar-refractivity contribution in [2.45, 2.75) is 51.1 Å². The Bertz CT molecular complexity index is 391. The first-order chi connectivity index (χ1) is 8.16. The van der Waals surface area contributed by atoms with E-state index in [1.54, 1.807) is 0 Å². The maximum atomic E-state index is 11.7. The second kappa shape index (κ2) is 4.82. The number of rotatable bonds is 4. The summed E-state index contributed by atoms with van der Waals surface area (Å²) in [6.45, 7) is 3.03. The maximum Gasteiger partial charge on any atom is 0.243 e. The first-order valence-electron chi connectivity index (χ1n) is 6.40. The molecule has 0 unspecified atom stereocenters. The molecule has 1 aromatic heterocycles. The summed E-state index contributed by atoms with van der Waals surface area (Å²) in [5.41, 5.74) is 6.04. The highest BCUT2D eigenvalue weighted by Crippen LogP contribution is 2.31. The van der Waals surface area contributed by atoms with E-state index in [2.05, 4.69) is 16.8 Å². The van der Waals surface area contributed by atoms with Gasteiger partial charge in [0, 0.05) is 18.9 Å². The van der Waals surface area contributed by atoms with Crippen molar-refractivity contribution < 1.29 is 4.79 Å². The summed E-state index contributed by atoms with van der Waals surface area (Å²) < 4.78 is 2.08. The summed E-state index contributed by atoms with van der Waals surface area (Å²) in [6.07, 6.45) is 9.08. The van der Waals surface area contributed by atoms with Gasteiger partial charge in [-0.2, -0.15) is 0 Å². The fraction of sp³-hybridized carbons (Fsp3) is 0.615. The molecule has 1 aromatic rings. The summed E-state index contributed by atoms with van der Waals surface area (Å²) >= 11 is 0. The highest BCUT2D eigenvalue weighted by molar-refractivity contribution is 5.88. The number of carbonyl (C=O) groups excluding carboxylic acids is 1. The predicted molar refractivity (Wildman–Crippen MR) is 68.7 cm³/mol. The van der Waals surface area contributed by atoms with E-state index >= 15 is 0 Å². The molecule has 0 radical (unpaired) electrons. The maximum absolute atomic E-state index is 11.7. The largest absolute Gasteiger partial charge is 0.370 e. The highest BCUT2D eigenvalue weighted by atomic mass is 16.1. The fourth-order valence-corrected chi connectivity index (χ4v) is 2.58. The van der Waals surface area contributed by atoms with Crippen LogP contribution in [-0.2, 0) is 11.3 Å². The number of hydrogen-bond donors (Lipinski definition) is 2. The Morgan fingerprint density at radius 3 is 2.71 bits per heavy atom. The minimum Gasteiger partial charge on any atom is -0.370 e. The molecule has 0 atom stereocenters. The quantitative estimate of drug-likeness (QED) is 0.839. The van der Waals surface area contributed by atoms with Crippen molar-refractivity contribution in [3.8, 4) is 0 Å². The van der Waals surface area contributed by atoms with E-state index in [1.165, 1.54) is 6.42 Å². The van der Waals surface area contributed by atoms with Gasteiger partial charge in [0.2, 0.25) is 5.91 Å². The van der Waals surface area contributed by atoms with Gasteiger partial charge in [0.15, 0.2) is 0 Å². The van der Waals surface area contributed by atoms with Crippen molar-refractivity contribution in [1.82, 2.24) is 4.57 Å². The molecule has 0 spiro atoms. The first kappa shape index (κ1) is 12.0. The standard InChI is InChI=1S/C13H21N3O/c1-2-16-9-6-11(10-16)15-13(12(14)17)7-4-3-5-8-13/h6,9-10,15H,2-5,7-8H2,1H3,(H2,14,17). The topological polar surface area (TPSA) is 60.1 Å². The minimum absolute atomic E-state index is 0.221. The second-order valence-corrected chi connectivity index (χ2v) is 4.86. The molecule has 1 heterocycles. The number of primary amides is 1. The van der Waals surface area contributed by atoms with Crippen LogP contribution in [0.3, 0.4) is 0 Å². The van der Waals surface area contributed by atoms with E-state index in [4.69, 9.17) is 5.73 Å². The lowest BCUT2D eigenvalue weighted by Gasteiger charge is -2.35. The van der Waals surface area contributed by atoms with Gasteiger partial charge in [0.25, 0.3) is 0 Å². The molecular weight excluding hydrogens is 214 g/mol. The van der Waals surface area contributed by atoms with Crippen LogP contribution in [-0.4, -0.2) is 16.0 Å². The van der Waals surface area contributed by atoms with Crippen molar-refractivity contribution in [3.05, 3.63) is 18.5 Å². The Balaban J connectivity index is 2.14. The van der Waals surface area contributed by atoms with Crippen LogP contribution in [0.2, 0.25) is 0 Å². The van der Waals surface area contributed by atoms with Gasteiger partial charge >= 0.3 is 0 Å². The van der Waals surface area contributed by atoms with Gasteiger partial charge in [0.1, 0.15) is 5.54 Å². The zero-order valence-corrected chi connectivity index (χ0v) is 10.4. The molecule has 3 N–H and O–H groups in total. The third kappa shape index (κ3) is 2.46. The second-order valence-electron chi connectivity index (χ2n) is 4.86. The molecule has 4 nitrogen and oxygen atoms in total. The van der Waals surface area contributed by atoms with Crippen LogP contribution in [0.4, 0.5) is 5.69 Å². The number of anilines is 1. The summed E-state index contributed by atoms with van der Waals surface area (Å²) in [6, 6.07) is 2.00. The predicted octanol–water partition coefficient (Wildman–Crippen LogP) is 2.11. The molecule has 0 saturated heterocycles. The Morgan fingerprint density at radius 2 is 2.18 bits per heavy atom. The third-order valence-electron chi connectivity index (χ3n) is 3.68. The Kier molecular flexibility index (Phi) is 3.41. The van der Waals surface area contributed by atoms with Crippen LogP contribution in [0.5, 0.6) is 0 Å². The van der Waals surface area contributed by atoms with Crippen LogP contribution in [0.25, 0.3) is 0 Å². The smallest absolute Gasteiger partial charge is 0.243 e. The molecule has 2 rings (SSSR count). The highest BCUT2D eigenvalue weighted by Gasteiger charge is 2.37. The molecule has 0 aromatic carbocycles. The van der Waals surface area contributed by atoms with E-state index < -0.39 is 5.54 Å². The Morgan fingerprint density at radius 1 is 1.47 bits per heavy atom. The zero-order chi connectivity index (χ0) is 12.3. The SMILES string of the molecule is CCn1ccc(NC2(C(N)=O)CCCCC2)c1. The van der Waals surface area contributed by atoms with Gasteiger partial charge < -0.3 is 15.6 Å². The fourth-order valence-electron chi connectivity index (χ4n) is 2.58. The number of hydrogen-bond acceptors (Lipinski definition) is 2. The van der Waals surface area contributed by atoms with Crippen LogP contribution < -0.4 is 11.1 Å².